The van der Waals surface area contributed by atoms with Gasteiger partial charge in [0.15, 0.2) is 0 Å². The van der Waals surface area contributed by atoms with Gasteiger partial charge in [-0.15, -0.1) is 0 Å². The first kappa shape index (κ1) is 18.1. The molecule has 0 radical (unpaired) electrons. The summed E-state index contributed by atoms with van der Waals surface area (Å²) >= 11 is 5.71. The molecular formula is C18H21ClF2N2O2. The zero-order valence-corrected chi connectivity index (χ0v) is 14.9. The van der Waals surface area contributed by atoms with Crippen molar-refractivity contribution in [2.45, 2.75) is 39.2 Å². The summed E-state index contributed by atoms with van der Waals surface area (Å²) in [6.45, 7) is 4.49. The van der Waals surface area contributed by atoms with Crippen molar-refractivity contribution in [3.63, 3.8) is 0 Å². The highest BCUT2D eigenvalue weighted by Gasteiger charge is 2.43. The highest BCUT2D eigenvalue weighted by Crippen LogP contribution is 2.51. The molecule has 0 aromatic heterocycles. The maximum absolute atomic E-state index is 14.5. The van der Waals surface area contributed by atoms with Gasteiger partial charge >= 0.3 is 0 Å². The van der Waals surface area contributed by atoms with E-state index in [4.69, 9.17) is 11.6 Å². The third-order valence-corrected chi connectivity index (χ3v) is 5.49. The fourth-order valence-electron chi connectivity index (χ4n) is 3.89. The molecule has 1 aromatic carbocycles. The number of hydrogen-bond acceptors (Lipinski definition) is 2. The predicted molar refractivity (Wildman–Crippen MR) is 89.9 cm³/mol. The molecule has 2 fully saturated rings. The van der Waals surface area contributed by atoms with Crippen LogP contribution in [0.3, 0.4) is 0 Å². The van der Waals surface area contributed by atoms with Crippen molar-refractivity contribution >= 4 is 23.4 Å². The fraction of sp³-hybridized carbons (Fsp3) is 0.556. The molecule has 2 atom stereocenters. The van der Waals surface area contributed by atoms with E-state index >= 15 is 0 Å². The molecular weight excluding hydrogens is 350 g/mol. The highest BCUT2D eigenvalue weighted by molar-refractivity contribution is 6.31. The van der Waals surface area contributed by atoms with Gasteiger partial charge in [-0.3, -0.25) is 9.59 Å². The Morgan fingerprint density at radius 1 is 1.36 bits per heavy atom. The van der Waals surface area contributed by atoms with Gasteiger partial charge in [-0.25, -0.2) is 8.78 Å². The van der Waals surface area contributed by atoms with Gasteiger partial charge in [0.1, 0.15) is 16.7 Å². The first-order chi connectivity index (χ1) is 11.7. The van der Waals surface area contributed by atoms with Crippen molar-refractivity contribution in [3.8, 4) is 0 Å². The predicted octanol–water partition coefficient (Wildman–Crippen LogP) is 3.35. The van der Waals surface area contributed by atoms with Crippen LogP contribution in [0.1, 0.15) is 44.7 Å². The molecule has 3 rings (SSSR count). The van der Waals surface area contributed by atoms with Gasteiger partial charge in [-0.05, 0) is 30.2 Å². The Bertz CT molecular complexity index is 715. The first-order valence-electron chi connectivity index (χ1n) is 8.38. The van der Waals surface area contributed by atoms with Crippen LogP contribution in [0.25, 0.3) is 0 Å². The number of carbonyl (C=O) groups is 2. The van der Waals surface area contributed by atoms with Gasteiger partial charge in [0.2, 0.25) is 11.8 Å². The molecule has 25 heavy (non-hydrogen) atoms. The summed E-state index contributed by atoms with van der Waals surface area (Å²) in [5.41, 5.74) is 0.316. The SMILES string of the molecule is CC1(C)CC(C(NC(=O)[C@@H]2CNC(=O)C2)c2ccc(F)c(Cl)c2F)C1. The summed E-state index contributed by atoms with van der Waals surface area (Å²) in [7, 11) is 0. The lowest BCUT2D eigenvalue weighted by atomic mass is 9.61. The molecule has 4 nitrogen and oxygen atoms in total. The van der Waals surface area contributed by atoms with E-state index in [1.54, 1.807) is 0 Å². The fourth-order valence-corrected chi connectivity index (χ4v) is 4.06. The van der Waals surface area contributed by atoms with Gasteiger partial charge in [-0.1, -0.05) is 31.5 Å². The molecule has 1 unspecified atom stereocenters. The van der Waals surface area contributed by atoms with Crippen molar-refractivity contribution in [1.82, 2.24) is 10.6 Å². The summed E-state index contributed by atoms with van der Waals surface area (Å²) in [4.78, 5) is 23.8. The van der Waals surface area contributed by atoms with E-state index in [0.29, 0.717) is 0 Å². The summed E-state index contributed by atoms with van der Waals surface area (Å²) in [5, 5.41) is 4.93. The van der Waals surface area contributed by atoms with E-state index in [2.05, 4.69) is 24.5 Å². The Labute approximate surface area is 150 Å². The zero-order chi connectivity index (χ0) is 18.4. The smallest absolute Gasteiger partial charge is 0.225 e. The normalized spacial score (nSPS) is 23.7. The zero-order valence-electron chi connectivity index (χ0n) is 14.2. The van der Waals surface area contributed by atoms with E-state index < -0.39 is 28.6 Å². The highest BCUT2D eigenvalue weighted by atomic mass is 35.5. The average Bonchev–Trinajstić information content (AvgIpc) is 2.95. The van der Waals surface area contributed by atoms with Gasteiger partial charge in [0.25, 0.3) is 0 Å². The minimum atomic E-state index is -0.836. The Kier molecular flexibility index (Phi) is 4.75. The number of hydrogen-bond donors (Lipinski definition) is 2. The van der Waals surface area contributed by atoms with Crippen molar-refractivity contribution in [2.24, 2.45) is 17.3 Å². The first-order valence-corrected chi connectivity index (χ1v) is 8.76. The Morgan fingerprint density at radius 2 is 2.04 bits per heavy atom. The Balaban J connectivity index is 1.85. The van der Waals surface area contributed by atoms with Crippen LogP contribution in [0.15, 0.2) is 12.1 Å². The van der Waals surface area contributed by atoms with Crippen LogP contribution in [-0.2, 0) is 9.59 Å². The van der Waals surface area contributed by atoms with Crippen LogP contribution in [-0.4, -0.2) is 18.4 Å². The Morgan fingerprint density at radius 3 is 2.60 bits per heavy atom. The number of rotatable bonds is 4. The molecule has 2 N–H and O–H groups in total. The molecule has 0 spiro atoms. The topological polar surface area (TPSA) is 58.2 Å². The number of halogens is 3. The molecule has 7 heteroatoms. The minimum Gasteiger partial charge on any atom is -0.355 e. The number of benzene rings is 1. The summed E-state index contributed by atoms with van der Waals surface area (Å²) < 4.78 is 28.0. The monoisotopic (exact) mass is 370 g/mol. The van der Waals surface area contributed by atoms with Crippen LogP contribution < -0.4 is 10.6 Å². The lowest BCUT2D eigenvalue weighted by Crippen LogP contribution is -2.45. The van der Waals surface area contributed by atoms with E-state index in [9.17, 15) is 18.4 Å². The van der Waals surface area contributed by atoms with E-state index in [0.717, 1.165) is 18.9 Å². The quantitative estimate of drug-likeness (QED) is 0.798. The van der Waals surface area contributed by atoms with Crippen molar-refractivity contribution < 1.29 is 18.4 Å². The third-order valence-electron chi connectivity index (χ3n) is 5.15. The van der Waals surface area contributed by atoms with Gasteiger partial charge in [-0.2, -0.15) is 0 Å². The average molecular weight is 371 g/mol. The van der Waals surface area contributed by atoms with E-state index in [1.165, 1.54) is 6.07 Å². The molecule has 2 aliphatic rings. The molecule has 0 bridgehead atoms. The standard InChI is InChI=1S/C18H21ClF2N2O2/c1-18(2)6-10(7-18)16(11-3-4-12(20)14(19)15(11)21)23-17(25)9-5-13(24)22-8-9/h3-4,9-10,16H,5-8H2,1-2H3,(H,22,24)(H,23,25)/t9-,16?/m0/s1. The summed E-state index contributed by atoms with van der Waals surface area (Å²) in [6, 6.07) is 1.87. The lowest BCUT2D eigenvalue weighted by molar-refractivity contribution is -0.128. The van der Waals surface area contributed by atoms with E-state index in [-0.39, 0.29) is 41.7 Å². The largest absolute Gasteiger partial charge is 0.355 e. The third kappa shape index (κ3) is 3.64. The number of carbonyl (C=O) groups excluding carboxylic acids is 2. The van der Waals surface area contributed by atoms with Crippen LogP contribution >= 0.6 is 11.6 Å². The second-order valence-electron chi connectivity index (χ2n) is 7.79. The van der Waals surface area contributed by atoms with E-state index in [1.807, 2.05) is 0 Å². The number of amides is 2. The van der Waals surface area contributed by atoms with Crippen molar-refractivity contribution in [2.75, 3.05) is 6.54 Å². The maximum Gasteiger partial charge on any atom is 0.225 e. The van der Waals surface area contributed by atoms with Crippen molar-refractivity contribution in [3.05, 3.63) is 34.4 Å². The molecule has 136 valence electrons. The molecule has 2 amide bonds. The summed E-state index contributed by atoms with van der Waals surface area (Å²) in [5.74, 6) is -2.56. The minimum absolute atomic E-state index is 0.0417. The lowest BCUT2D eigenvalue weighted by Gasteiger charge is -2.47. The van der Waals surface area contributed by atoms with Crippen LogP contribution in [0.2, 0.25) is 5.02 Å². The maximum atomic E-state index is 14.5. The molecule has 1 saturated carbocycles. The second-order valence-corrected chi connectivity index (χ2v) is 8.17. The molecule has 1 heterocycles. The van der Waals surface area contributed by atoms with Gasteiger partial charge in [0, 0.05) is 18.5 Å². The molecule has 1 aromatic rings. The van der Waals surface area contributed by atoms with Crippen LogP contribution in [0.4, 0.5) is 8.78 Å². The Hall–Kier alpha value is -1.69. The molecule has 1 aliphatic heterocycles. The van der Waals surface area contributed by atoms with Gasteiger partial charge < -0.3 is 10.6 Å². The van der Waals surface area contributed by atoms with Crippen molar-refractivity contribution in [1.29, 1.82) is 0 Å². The molecule has 1 saturated heterocycles. The van der Waals surface area contributed by atoms with Crippen LogP contribution in [0.5, 0.6) is 0 Å². The van der Waals surface area contributed by atoms with Crippen LogP contribution in [0, 0.1) is 28.9 Å². The summed E-state index contributed by atoms with van der Waals surface area (Å²) in [6.07, 6.45) is 1.75. The van der Waals surface area contributed by atoms with Gasteiger partial charge in [0.05, 0.1) is 12.0 Å². The second kappa shape index (κ2) is 6.56. The molecule has 1 aliphatic carbocycles. The number of nitrogens with one attached hydrogen (secondary N) is 2.